The summed E-state index contributed by atoms with van der Waals surface area (Å²) in [5.41, 5.74) is 1.22. The summed E-state index contributed by atoms with van der Waals surface area (Å²) >= 11 is 5.83. The van der Waals surface area contributed by atoms with Crippen molar-refractivity contribution in [2.45, 2.75) is 13.8 Å². The molecule has 0 aliphatic carbocycles. The van der Waals surface area contributed by atoms with Gasteiger partial charge in [0.25, 0.3) is 0 Å². The maximum absolute atomic E-state index is 11.3. The molecule has 0 amide bonds. The molecule has 0 radical (unpaired) electrons. The second-order valence-electron chi connectivity index (χ2n) is 3.33. The fourth-order valence-corrected chi connectivity index (χ4v) is 1.27. The molecule has 4 nitrogen and oxygen atoms in total. The van der Waals surface area contributed by atoms with E-state index in [0.29, 0.717) is 5.70 Å². The van der Waals surface area contributed by atoms with Gasteiger partial charge in [-0.25, -0.2) is 4.79 Å². The van der Waals surface area contributed by atoms with Crippen molar-refractivity contribution in [3.05, 3.63) is 35.0 Å². The van der Waals surface area contributed by atoms with Gasteiger partial charge >= 0.3 is 5.97 Å². The number of aromatic hydroxyl groups is 1. The molecular weight excluding hydrogens is 242 g/mol. The van der Waals surface area contributed by atoms with Crippen molar-refractivity contribution >= 4 is 23.3 Å². The summed E-state index contributed by atoms with van der Waals surface area (Å²) < 4.78 is 4.77. The zero-order chi connectivity index (χ0) is 12.8. The fraction of sp³-hybridized carbons (Fsp3) is 0.250. The van der Waals surface area contributed by atoms with Crippen LogP contribution in [0.5, 0.6) is 5.75 Å². The molecule has 0 aliphatic heterocycles. The highest BCUT2D eigenvalue weighted by Gasteiger charge is 2.11. The highest BCUT2D eigenvalue weighted by atomic mass is 35.5. The molecule has 0 spiro atoms. The van der Waals surface area contributed by atoms with Crippen LogP contribution >= 0.6 is 11.6 Å². The first-order valence-electron chi connectivity index (χ1n) is 5.14. The summed E-state index contributed by atoms with van der Waals surface area (Å²) in [6.07, 6.45) is 0. The zero-order valence-corrected chi connectivity index (χ0v) is 10.4. The smallest absolute Gasteiger partial charge is 0.351 e. The van der Waals surface area contributed by atoms with Crippen molar-refractivity contribution in [2.75, 3.05) is 11.9 Å². The van der Waals surface area contributed by atoms with Gasteiger partial charge in [-0.1, -0.05) is 11.6 Å². The largest absolute Gasteiger partial charge is 0.508 e. The Morgan fingerprint density at radius 2 is 2.00 bits per heavy atom. The van der Waals surface area contributed by atoms with Crippen LogP contribution < -0.4 is 5.32 Å². The summed E-state index contributed by atoms with van der Waals surface area (Å²) in [7, 11) is 0. The predicted octanol–water partition coefficient (Wildman–Crippen LogP) is 2.84. The first-order valence-corrected chi connectivity index (χ1v) is 5.52. The number of allylic oxidation sites excluding steroid dienone is 1. The van der Waals surface area contributed by atoms with Gasteiger partial charge in [0.15, 0.2) is 0 Å². The van der Waals surface area contributed by atoms with Gasteiger partial charge in [-0.3, -0.25) is 0 Å². The number of ether oxygens (including phenoxy) is 1. The van der Waals surface area contributed by atoms with Crippen LogP contribution in [0, 0.1) is 0 Å². The number of nitrogens with one attached hydrogen (secondary N) is 1. The number of esters is 1. The Balaban J connectivity index is 2.76. The molecule has 2 N–H and O–H groups in total. The fourth-order valence-electron chi connectivity index (χ4n) is 1.16. The molecule has 0 atom stereocenters. The number of phenolic OH excluding ortho intramolecular Hbond substituents is 1. The van der Waals surface area contributed by atoms with E-state index in [2.05, 4.69) is 5.32 Å². The summed E-state index contributed by atoms with van der Waals surface area (Å²) in [6, 6.07) is 6.42. The monoisotopic (exact) mass is 255 g/mol. The molecule has 1 rings (SSSR count). The van der Waals surface area contributed by atoms with Gasteiger partial charge in [0.05, 0.1) is 6.61 Å². The Morgan fingerprint density at radius 3 is 2.53 bits per heavy atom. The third-order valence-corrected chi connectivity index (χ3v) is 2.42. The van der Waals surface area contributed by atoms with E-state index in [9.17, 15) is 4.79 Å². The predicted molar refractivity (Wildman–Crippen MR) is 66.9 cm³/mol. The molecule has 5 heteroatoms. The van der Waals surface area contributed by atoms with E-state index in [0.717, 1.165) is 5.69 Å². The first kappa shape index (κ1) is 13.4. The molecule has 0 aromatic heterocycles. The standard InChI is InChI=1S/C12H14ClNO3/c1-3-17-12(16)11(13)8(2)14-9-4-6-10(15)7-5-9/h4-7,14-15H,3H2,1-2H3/b11-8-. The van der Waals surface area contributed by atoms with E-state index in [1.54, 1.807) is 26.0 Å². The lowest BCUT2D eigenvalue weighted by Crippen LogP contribution is -2.08. The lowest BCUT2D eigenvalue weighted by atomic mass is 10.3. The molecule has 1 aromatic rings. The Labute approximate surface area is 105 Å². The van der Waals surface area contributed by atoms with E-state index in [4.69, 9.17) is 21.4 Å². The van der Waals surface area contributed by atoms with E-state index in [1.807, 2.05) is 0 Å². The van der Waals surface area contributed by atoms with E-state index in [-0.39, 0.29) is 17.4 Å². The molecule has 0 heterocycles. The van der Waals surface area contributed by atoms with E-state index >= 15 is 0 Å². The quantitative estimate of drug-likeness (QED) is 0.493. The van der Waals surface area contributed by atoms with Gasteiger partial charge < -0.3 is 15.2 Å². The number of carbonyl (C=O) groups excluding carboxylic acids is 1. The van der Waals surface area contributed by atoms with Crippen LogP contribution in [-0.4, -0.2) is 17.7 Å². The molecule has 0 saturated heterocycles. The van der Waals surface area contributed by atoms with Crippen LogP contribution in [0.3, 0.4) is 0 Å². The van der Waals surface area contributed by atoms with Crippen molar-refractivity contribution in [3.8, 4) is 5.75 Å². The number of carbonyl (C=O) groups is 1. The molecule has 17 heavy (non-hydrogen) atoms. The van der Waals surface area contributed by atoms with Crippen LogP contribution in [0.2, 0.25) is 0 Å². The number of halogens is 1. The van der Waals surface area contributed by atoms with Crippen molar-refractivity contribution in [3.63, 3.8) is 0 Å². The molecule has 0 fully saturated rings. The Morgan fingerprint density at radius 1 is 1.41 bits per heavy atom. The molecule has 0 saturated carbocycles. The Kier molecular flexibility index (Phi) is 4.84. The average molecular weight is 256 g/mol. The second-order valence-corrected chi connectivity index (χ2v) is 3.71. The minimum absolute atomic E-state index is 0.0138. The first-order chi connectivity index (χ1) is 8.04. The van der Waals surface area contributed by atoms with Crippen LogP contribution in [0.25, 0.3) is 0 Å². The number of rotatable bonds is 4. The van der Waals surface area contributed by atoms with Crippen molar-refractivity contribution in [2.24, 2.45) is 0 Å². The number of anilines is 1. The normalized spacial score (nSPS) is 11.7. The molecule has 0 unspecified atom stereocenters. The molecule has 0 bridgehead atoms. The van der Waals surface area contributed by atoms with Crippen molar-refractivity contribution in [1.82, 2.24) is 0 Å². The summed E-state index contributed by atoms with van der Waals surface area (Å²) in [5.74, 6) is -0.383. The number of phenols is 1. The average Bonchev–Trinajstić information content (AvgIpc) is 2.31. The molecule has 92 valence electrons. The third-order valence-electron chi connectivity index (χ3n) is 1.98. The second kappa shape index (κ2) is 6.15. The van der Waals surface area contributed by atoms with Gasteiger partial charge in [-0.15, -0.1) is 0 Å². The number of benzene rings is 1. The zero-order valence-electron chi connectivity index (χ0n) is 9.66. The van der Waals surface area contributed by atoms with Crippen molar-refractivity contribution < 1.29 is 14.6 Å². The number of hydrogen-bond donors (Lipinski definition) is 2. The van der Waals surface area contributed by atoms with Gasteiger partial charge in [0.1, 0.15) is 10.8 Å². The SMILES string of the molecule is CCOC(=O)/C(Cl)=C(\C)Nc1ccc(O)cc1. The maximum atomic E-state index is 11.3. The van der Waals surface area contributed by atoms with Crippen LogP contribution in [0.15, 0.2) is 35.0 Å². The lowest BCUT2D eigenvalue weighted by Gasteiger charge is -2.09. The van der Waals surface area contributed by atoms with Gasteiger partial charge in [-0.2, -0.15) is 0 Å². The summed E-state index contributed by atoms with van der Waals surface area (Å²) in [5, 5.41) is 12.1. The summed E-state index contributed by atoms with van der Waals surface area (Å²) in [4.78, 5) is 11.3. The Bertz CT molecular complexity index is 426. The summed E-state index contributed by atoms with van der Waals surface area (Å²) in [6.45, 7) is 3.67. The molecule has 0 aliphatic rings. The number of hydrogen-bond acceptors (Lipinski definition) is 4. The van der Waals surface area contributed by atoms with Gasteiger partial charge in [0, 0.05) is 11.4 Å². The van der Waals surface area contributed by atoms with E-state index in [1.165, 1.54) is 12.1 Å². The lowest BCUT2D eigenvalue weighted by molar-refractivity contribution is -0.137. The molecule has 1 aromatic carbocycles. The minimum atomic E-state index is -0.557. The third kappa shape index (κ3) is 4.00. The Hall–Kier alpha value is -1.68. The minimum Gasteiger partial charge on any atom is -0.508 e. The van der Waals surface area contributed by atoms with Gasteiger partial charge in [0.2, 0.25) is 0 Å². The van der Waals surface area contributed by atoms with Crippen LogP contribution in [-0.2, 0) is 9.53 Å². The topological polar surface area (TPSA) is 58.6 Å². The highest BCUT2D eigenvalue weighted by molar-refractivity contribution is 6.41. The molecular formula is C12H14ClNO3. The van der Waals surface area contributed by atoms with E-state index < -0.39 is 5.97 Å². The van der Waals surface area contributed by atoms with Gasteiger partial charge in [-0.05, 0) is 38.1 Å². The highest BCUT2D eigenvalue weighted by Crippen LogP contribution is 2.18. The maximum Gasteiger partial charge on any atom is 0.351 e. The van der Waals surface area contributed by atoms with Crippen LogP contribution in [0.1, 0.15) is 13.8 Å². The van der Waals surface area contributed by atoms with Crippen molar-refractivity contribution in [1.29, 1.82) is 0 Å². The van der Waals surface area contributed by atoms with Crippen LogP contribution in [0.4, 0.5) is 5.69 Å².